The molecule has 190 valence electrons. The Labute approximate surface area is 215 Å². The highest BCUT2D eigenvalue weighted by Gasteiger charge is 2.44. The zero-order chi connectivity index (χ0) is 25.5. The van der Waals surface area contributed by atoms with Gasteiger partial charge in [0.1, 0.15) is 6.04 Å². The summed E-state index contributed by atoms with van der Waals surface area (Å²) < 4.78 is 10.4. The van der Waals surface area contributed by atoms with Crippen LogP contribution in [0, 0.1) is 0 Å². The van der Waals surface area contributed by atoms with Crippen LogP contribution in [0.2, 0.25) is 0 Å². The van der Waals surface area contributed by atoms with E-state index in [9.17, 15) is 14.4 Å². The molecule has 2 aromatic rings. The number of amides is 2. The van der Waals surface area contributed by atoms with Gasteiger partial charge in [-0.25, -0.2) is 4.79 Å². The minimum absolute atomic E-state index is 0.0505. The second kappa shape index (κ2) is 12.1. The molecule has 1 atom stereocenters. The topological polar surface area (TPSA) is 91.4 Å². The van der Waals surface area contributed by atoms with Crippen molar-refractivity contribution in [3.8, 4) is 0 Å². The maximum Gasteiger partial charge on any atom is 0.338 e. The normalized spacial score (nSPS) is 18.4. The minimum atomic E-state index is -0.711. The number of carbonyl (C=O) groups is 3. The van der Waals surface area contributed by atoms with Crippen molar-refractivity contribution >= 4 is 46.5 Å². The Morgan fingerprint density at radius 1 is 1.06 bits per heavy atom. The lowest BCUT2D eigenvalue weighted by atomic mass is 10.1. The number of nitrogens with one attached hydrogen (secondary N) is 1. The van der Waals surface area contributed by atoms with Crippen molar-refractivity contribution in [2.45, 2.75) is 19.4 Å². The number of rotatable bonds is 9. The van der Waals surface area contributed by atoms with Gasteiger partial charge in [-0.3, -0.25) is 19.4 Å². The van der Waals surface area contributed by atoms with E-state index in [1.807, 2.05) is 35.2 Å². The Balaban J connectivity index is 1.46. The fourth-order valence-electron chi connectivity index (χ4n) is 4.27. The smallest absolute Gasteiger partial charge is 0.338 e. The van der Waals surface area contributed by atoms with E-state index in [1.54, 1.807) is 31.2 Å². The fourth-order valence-corrected chi connectivity index (χ4v) is 4.68. The molecule has 2 heterocycles. The molecule has 2 fully saturated rings. The third-order valence-corrected chi connectivity index (χ3v) is 6.57. The van der Waals surface area contributed by atoms with Gasteiger partial charge >= 0.3 is 5.97 Å². The van der Waals surface area contributed by atoms with E-state index in [-0.39, 0.29) is 24.8 Å². The highest BCUT2D eigenvalue weighted by atomic mass is 32.1. The minimum Gasteiger partial charge on any atom is -0.462 e. The van der Waals surface area contributed by atoms with Gasteiger partial charge in [0.25, 0.3) is 5.91 Å². The molecule has 10 heteroatoms. The maximum atomic E-state index is 13.5. The average Bonchev–Trinajstić information content (AvgIpc) is 3.12. The van der Waals surface area contributed by atoms with Gasteiger partial charge in [0.05, 0.1) is 37.5 Å². The molecular weight excluding hydrogens is 480 g/mol. The summed E-state index contributed by atoms with van der Waals surface area (Å²) >= 11 is 5.72. The van der Waals surface area contributed by atoms with Crippen molar-refractivity contribution < 1.29 is 23.9 Å². The first kappa shape index (κ1) is 25.7. The molecule has 2 saturated heterocycles. The number of morpholine rings is 1. The van der Waals surface area contributed by atoms with E-state index in [1.165, 1.54) is 4.90 Å². The summed E-state index contributed by atoms with van der Waals surface area (Å²) in [4.78, 5) is 43.9. The summed E-state index contributed by atoms with van der Waals surface area (Å²) in [7, 11) is 0. The number of hydrogen-bond donors (Lipinski definition) is 1. The Hall–Kier alpha value is -3.34. The number of para-hydroxylation sites is 1. The summed E-state index contributed by atoms with van der Waals surface area (Å²) in [5, 5.41) is 3.22. The molecule has 2 aliphatic heterocycles. The Morgan fingerprint density at radius 3 is 2.42 bits per heavy atom. The van der Waals surface area contributed by atoms with Crippen LogP contribution in [0.3, 0.4) is 0 Å². The van der Waals surface area contributed by atoms with E-state index in [4.69, 9.17) is 21.7 Å². The molecule has 2 amide bonds. The first-order valence-corrected chi connectivity index (χ1v) is 12.5. The lowest BCUT2D eigenvalue weighted by Crippen LogP contribution is -2.45. The first-order valence-electron chi connectivity index (χ1n) is 12.0. The predicted molar refractivity (Wildman–Crippen MR) is 140 cm³/mol. The van der Waals surface area contributed by atoms with E-state index >= 15 is 0 Å². The van der Waals surface area contributed by atoms with Crippen LogP contribution in [0.1, 0.15) is 23.7 Å². The number of carbonyl (C=O) groups excluding carboxylic acids is 3. The van der Waals surface area contributed by atoms with E-state index in [0.717, 1.165) is 13.1 Å². The number of thiocarbonyl (C=S) groups is 1. The fraction of sp³-hybridized carbons (Fsp3) is 0.385. The van der Waals surface area contributed by atoms with Gasteiger partial charge in [-0.05, 0) is 55.5 Å². The zero-order valence-electron chi connectivity index (χ0n) is 20.2. The van der Waals surface area contributed by atoms with Crippen LogP contribution in [-0.4, -0.2) is 84.7 Å². The van der Waals surface area contributed by atoms with Crippen molar-refractivity contribution in [1.82, 2.24) is 9.80 Å². The second-order valence-electron chi connectivity index (χ2n) is 8.51. The number of nitrogens with zero attached hydrogens (tertiary/aromatic N) is 3. The molecule has 1 N–H and O–H groups in total. The average molecular weight is 511 g/mol. The molecular formula is C26H30N4O5S. The van der Waals surface area contributed by atoms with Crippen LogP contribution in [0.5, 0.6) is 0 Å². The van der Waals surface area contributed by atoms with Crippen LogP contribution >= 0.6 is 12.2 Å². The third-order valence-electron chi connectivity index (χ3n) is 6.15. The quantitative estimate of drug-likeness (QED) is 0.407. The monoisotopic (exact) mass is 510 g/mol. The molecule has 9 nitrogen and oxygen atoms in total. The Morgan fingerprint density at radius 2 is 1.75 bits per heavy atom. The summed E-state index contributed by atoms with van der Waals surface area (Å²) in [6, 6.07) is 15.0. The van der Waals surface area contributed by atoms with Crippen LogP contribution < -0.4 is 10.2 Å². The summed E-state index contributed by atoms with van der Waals surface area (Å²) in [5.41, 5.74) is 1.61. The van der Waals surface area contributed by atoms with Gasteiger partial charge in [-0.2, -0.15) is 0 Å². The molecule has 0 aromatic heterocycles. The third kappa shape index (κ3) is 6.07. The standard InChI is InChI=1S/C26H30N4O5S/c1-2-35-25(33)19-8-10-20(11-9-19)27-23(31)18-22-24(32)30(21-6-4-3-5-7-21)26(36)29(22)13-12-28-14-16-34-17-15-28/h3-11,22H,2,12-18H2,1H3,(H,27,31)/t22-/m1/s1. The number of benzene rings is 2. The van der Waals surface area contributed by atoms with Crippen molar-refractivity contribution in [2.24, 2.45) is 0 Å². The van der Waals surface area contributed by atoms with Gasteiger partial charge < -0.3 is 19.7 Å². The van der Waals surface area contributed by atoms with Crippen LogP contribution in [-0.2, 0) is 19.1 Å². The van der Waals surface area contributed by atoms with Crippen molar-refractivity contribution in [3.05, 3.63) is 60.2 Å². The van der Waals surface area contributed by atoms with Gasteiger partial charge in [0.15, 0.2) is 5.11 Å². The summed E-state index contributed by atoms with van der Waals surface area (Å²) in [5.74, 6) is -0.954. The highest BCUT2D eigenvalue weighted by molar-refractivity contribution is 7.80. The van der Waals surface area contributed by atoms with E-state index in [2.05, 4.69) is 10.2 Å². The van der Waals surface area contributed by atoms with Crippen LogP contribution in [0.4, 0.5) is 11.4 Å². The summed E-state index contributed by atoms with van der Waals surface area (Å²) in [6.07, 6.45) is -0.0505. The second-order valence-corrected chi connectivity index (χ2v) is 8.87. The molecule has 2 aromatic carbocycles. The highest BCUT2D eigenvalue weighted by Crippen LogP contribution is 2.27. The Bertz CT molecular complexity index is 1090. The molecule has 0 aliphatic carbocycles. The largest absolute Gasteiger partial charge is 0.462 e. The van der Waals surface area contributed by atoms with Gasteiger partial charge in [-0.15, -0.1) is 0 Å². The summed E-state index contributed by atoms with van der Waals surface area (Å²) in [6.45, 7) is 6.28. The molecule has 0 unspecified atom stereocenters. The van der Waals surface area contributed by atoms with E-state index in [0.29, 0.717) is 48.4 Å². The number of hydrogen-bond acceptors (Lipinski definition) is 7. The number of anilines is 2. The number of ether oxygens (including phenoxy) is 2. The lowest BCUT2D eigenvalue weighted by molar-refractivity contribution is -0.124. The zero-order valence-corrected chi connectivity index (χ0v) is 21.0. The lowest BCUT2D eigenvalue weighted by Gasteiger charge is -2.30. The van der Waals surface area contributed by atoms with Crippen molar-refractivity contribution in [2.75, 3.05) is 56.2 Å². The van der Waals surface area contributed by atoms with Crippen molar-refractivity contribution in [1.29, 1.82) is 0 Å². The molecule has 0 saturated carbocycles. The molecule has 2 aliphatic rings. The van der Waals surface area contributed by atoms with Crippen LogP contribution in [0.25, 0.3) is 0 Å². The molecule has 0 bridgehead atoms. The van der Waals surface area contributed by atoms with Crippen LogP contribution in [0.15, 0.2) is 54.6 Å². The molecule has 0 spiro atoms. The van der Waals surface area contributed by atoms with Gasteiger partial charge in [0, 0.05) is 31.9 Å². The molecule has 0 radical (unpaired) electrons. The maximum absolute atomic E-state index is 13.5. The van der Waals surface area contributed by atoms with Gasteiger partial charge in [0.2, 0.25) is 5.91 Å². The number of esters is 1. The first-order chi connectivity index (χ1) is 17.5. The SMILES string of the molecule is CCOC(=O)c1ccc(NC(=O)C[C@@H]2C(=O)N(c3ccccc3)C(=S)N2CCN2CCOCC2)cc1. The van der Waals surface area contributed by atoms with E-state index < -0.39 is 12.0 Å². The predicted octanol–water partition coefficient (Wildman–Crippen LogP) is 2.53. The molecule has 36 heavy (non-hydrogen) atoms. The van der Waals surface area contributed by atoms with Gasteiger partial charge in [-0.1, -0.05) is 18.2 Å². The van der Waals surface area contributed by atoms with Crippen molar-refractivity contribution in [3.63, 3.8) is 0 Å². The molecule has 4 rings (SSSR count). The Kier molecular flexibility index (Phi) is 8.63.